The Morgan fingerprint density at radius 1 is 0.683 bits per heavy atom. The number of aromatic hydroxyl groups is 2. The number of hydrogen-bond acceptors (Lipinski definition) is 8. The molecule has 0 saturated heterocycles. The maximum absolute atomic E-state index is 13.5. The molecule has 13 nitrogen and oxygen atoms in total. The van der Waals surface area contributed by atoms with Crippen LogP contribution in [0.4, 0.5) is 0 Å². The highest BCUT2D eigenvalue weighted by atomic mass is 16.4. The van der Waals surface area contributed by atoms with Gasteiger partial charge in [0.1, 0.15) is 29.6 Å². The van der Waals surface area contributed by atoms with Crippen molar-refractivity contribution in [3.63, 3.8) is 0 Å². The zero-order valence-electron chi connectivity index (χ0n) is 22.7. The van der Waals surface area contributed by atoms with E-state index in [2.05, 4.69) is 16.0 Å². The van der Waals surface area contributed by atoms with E-state index in [9.17, 15) is 39.3 Å². The van der Waals surface area contributed by atoms with Gasteiger partial charge >= 0.3 is 11.9 Å². The van der Waals surface area contributed by atoms with Gasteiger partial charge in [0, 0.05) is 12.8 Å². The minimum absolute atomic E-state index is 0.00211. The molecule has 0 bridgehead atoms. The van der Waals surface area contributed by atoms with E-state index in [0.717, 1.165) is 0 Å². The van der Waals surface area contributed by atoms with Gasteiger partial charge in [-0.05, 0) is 47.7 Å². The first kappa shape index (κ1) is 32.6. The third-order valence-electron chi connectivity index (χ3n) is 6.07. The second kappa shape index (κ2) is 15.2. The fourth-order valence-corrected chi connectivity index (χ4v) is 3.97. The summed E-state index contributed by atoms with van der Waals surface area (Å²) in [5, 5.41) is 44.9. The number of nitrogens with one attached hydrogen (secondary N) is 3. The Balaban J connectivity index is 2.35. The predicted octanol–water partition coefficient (Wildman–Crippen LogP) is 0.270. The Kier molecular flexibility index (Phi) is 12.1. The highest BCUT2D eigenvalue weighted by Gasteiger charge is 2.31. The zero-order valence-corrected chi connectivity index (χ0v) is 22.7. The van der Waals surface area contributed by atoms with Crippen molar-refractivity contribution in [1.82, 2.24) is 16.0 Å². The van der Waals surface area contributed by atoms with Crippen LogP contribution < -0.4 is 21.7 Å². The van der Waals surface area contributed by atoms with E-state index >= 15 is 0 Å². The van der Waals surface area contributed by atoms with Gasteiger partial charge in [0.2, 0.25) is 17.7 Å². The summed E-state index contributed by atoms with van der Waals surface area (Å²) in [7, 11) is 0. The van der Waals surface area contributed by atoms with Crippen LogP contribution in [0.15, 0.2) is 48.5 Å². The van der Waals surface area contributed by atoms with Crippen LogP contribution in [0.2, 0.25) is 0 Å². The number of aliphatic carboxylic acids is 2. The van der Waals surface area contributed by atoms with Crippen molar-refractivity contribution in [2.45, 2.75) is 63.7 Å². The summed E-state index contributed by atoms with van der Waals surface area (Å²) in [4.78, 5) is 62.1. The van der Waals surface area contributed by atoms with Crippen LogP contribution in [0.5, 0.6) is 11.5 Å². The van der Waals surface area contributed by atoms with Gasteiger partial charge in [0.15, 0.2) is 0 Å². The van der Waals surface area contributed by atoms with Crippen molar-refractivity contribution < 1.29 is 44.4 Å². The SMILES string of the molecule is CC(C)CC(N)C(=O)NC(Cc1ccc(O)cc1)C(=O)NC(Cc1ccc(O)cc1)C(=O)NC(CC(=O)O)C(=O)O. The second-order valence-electron chi connectivity index (χ2n) is 10.1. The summed E-state index contributed by atoms with van der Waals surface area (Å²) in [6.07, 6.45) is -0.722. The van der Waals surface area contributed by atoms with Gasteiger partial charge in [-0.2, -0.15) is 0 Å². The summed E-state index contributed by atoms with van der Waals surface area (Å²) >= 11 is 0. The average molecular weight is 573 g/mol. The number of phenolic OH excluding ortho intramolecular Hbond substituents is 2. The molecule has 3 amide bonds. The number of hydrogen-bond donors (Lipinski definition) is 8. The highest BCUT2D eigenvalue weighted by molar-refractivity contribution is 5.95. The largest absolute Gasteiger partial charge is 0.508 e. The molecule has 2 aromatic carbocycles. The number of benzene rings is 2. The van der Waals surface area contributed by atoms with Gasteiger partial charge < -0.3 is 42.1 Å². The van der Waals surface area contributed by atoms with Gasteiger partial charge in [0.25, 0.3) is 0 Å². The number of carboxylic acids is 2. The number of carbonyl (C=O) groups is 5. The molecular formula is C28H36N4O9. The molecule has 0 heterocycles. The lowest BCUT2D eigenvalue weighted by atomic mass is 10.0. The number of nitrogens with two attached hydrogens (primary N) is 1. The molecule has 9 N–H and O–H groups in total. The zero-order chi connectivity index (χ0) is 30.7. The van der Waals surface area contributed by atoms with Crippen molar-refractivity contribution in [1.29, 1.82) is 0 Å². The molecule has 0 aromatic heterocycles. The molecular weight excluding hydrogens is 536 g/mol. The van der Waals surface area contributed by atoms with Crippen LogP contribution in [0.25, 0.3) is 0 Å². The van der Waals surface area contributed by atoms with Crippen LogP contribution in [-0.2, 0) is 36.8 Å². The minimum Gasteiger partial charge on any atom is -0.508 e. The first-order valence-electron chi connectivity index (χ1n) is 12.9. The van der Waals surface area contributed by atoms with Gasteiger partial charge in [-0.15, -0.1) is 0 Å². The Bertz CT molecular complexity index is 1220. The number of amides is 3. The molecule has 0 radical (unpaired) electrons. The van der Waals surface area contributed by atoms with Crippen molar-refractivity contribution in [3.8, 4) is 11.5 Å². The summed E-state index contributed by atoms with van der Waals surface area (Å²) < 4.78 is 0. The van der Waals surface area contributed by atoms with E-state index in [-0.39, 0.29) is 30.3 Å². The number of carboxylic acid groups (broad SMARTS) is 2. The third-order valence-corrected chi connectivity index (χ3v) is 6.07. The highest BCUT2D eigenvalue weighted by Crippen LogP contribution is 2.14. The lowest BCUT2D eigenvalue weighted by molar-refractivity contribution is -0.147. The molecule has 0 aliphatic carbocycles. The van der Waals surface area contributed by atoms with Gasteiger partial charge in [0.05, 0.1) is 12.5 Å². The summed E-state index contributed by atoms with van der Waals surface area (Å²) in [5.74, 6) is -5.31. The van der Waals surface area contributed by atoms with Crippen LogP contribution in [0.3, 0.4) is 0 Å². The van der Waals surface area contributed by atoms with Crippen molar-refractivity contribution in [3.05, 3.63) is 59.7 Å². The topological polar surface area (TPSA) is 228 Å². The lowest BCUT2D eigenvalue weighted by Gasteiger charge is -2.25. The van der Waals surface area contributed by atoms with Crippen LogP contribution in [-0.4, -0.2) is 74.3 Å². The minimum atomic E-state index is -1.76. The van der Waals surface area contributed by atoms with Crippen LogP contribution >= 0.6 is 0 Å². The van der Waals surface area contributed by atoms with Crippen molar-refractivity contribution in [2.75, 3.05) is 0 Å². The van der Waals surface area contributed by atoms with Crippen molar-refractivity contribution >= 4 is 29.7 Å². The molecule has 0 fully saturated rings. The summed E-state index contributed by atoms with van der Waals surface area (Å²) in [5.41, 5.74) is 7.07. The van der Waals surface area contributed by atoms with Crippen molar-refractivity contribution in [2.24, 2.45) is 11.7 Å². The van der Waals surface area contributed by atoms with Gasteiger partial charge in [-0.25, -0.2) is 4.79 Å². The molecule has 0 aliphatic rings. The standard InChI is InChI=1S/C28H36N4O9/c1-15(2)11-20(29)25(37)30-21(12-16-3-7-18(33)8-4-16)26(38)31-22(13-17-5-9-19(34)10-6-17)27(39)32-23(28(40)41)14-24(35)36/h3-10,15,20-23,33-34H,11-14,29H2,1-2H3,(H,30,37)(H,31,38)(H,32,39)(H,35,36)(H,40,41). The molecule has 4 atom stereocenters. The Morgan fingerprint density at radius 2 is 1.07 bits per heavy atom. The second-order valence-corrected chi connectivity index (χ2v) is 10.1. The van der Waals surface area contributed by atoms with E-state index in [1.165, 1.54) is 36.4 Å². The van der Waals surface area contributed by atoms with E-state index < -0.39 is 60.2 Å². The number of phenols is 2. The van der Waals surface area contributed by atoms with E-state index in [1.807, 2.05) is 13.8 Å². The monoisotopic (exact) mass is 572 g/mol. The van der Waals surface area contributed by atoms with E-state index in [1.54, 1.807) is 12.1 Å². The average Bonchev–Trinajstić information content (AvgIpc) is 2.89. The Morgan fingerprint density at radius 3 is 1.44 bits per heavy atom. The molecule has 41 heavy (non-hydrogen) atoms. The van der Waals surface area contributed by atoms with E-state index in [0.29, 0.717) is 17.5 Å². The molecule has 2 rings (SSSR count). The molecule has 0 aliphatic heterocycles. The number of carbonyl (C=O) groups excluding carboxylic acids is 3. The molecule has 2 aromatic rings. The van der Waals surface area contributed by atoms with Crippen LogP contribution in [0, 0.1) is 5.92 Å². The Hall–Kier alpha value is -4.65. The lowest BCUT2D eigenvalue weighted by Crippen LogP contribution is -2.58. The van der Waals surface area contributed by atoms with E-state index in [4.69, 9.17) is 10.8 Å². The first-order chi connectivity index (χ1) is 19.2. The molecule has 4 unspecified atom stereocenters. The maximum Gasteiger partial charge on any atom is 0.326 e. The Labute approximate surface area is 236 Å². The molecule has 0 spiro atoms. The normalized spacial score (nSPS) is 13.9. The van der Waals surface area contributed by atoms with Gasteiger partial charge in [-0.3, -0.25) is 19.2 Å². The molecule has 0 saturated carbocycles. The molecule has 13 heteroatoms. The third kappa shape index (κ3) is 11.2. The van der Waals surface area contributed by atoms with Gasteiger partial charge in [-0.1, -0.05) is 38.1 Å². The fourth-order valence-electron chi connectivity index (χ4n) is 3.97. The fraction of sp³-hybridized carbons (Fsp3) is 0.393. The first-order valence-corrected chi connectivity index (χ1v) is 12.9. The smallest absolute Gasteiger partial charge is 0.326 e. The maximum atomic E-state index is 13.5. The summed E-state index contributed by atoms with van der Waals surface area (Å²) in [6, 6.07) is 6.37. The number of rotatable bonds is 15. The van der Waals surface area contributed by atoms with Crippen LogP contribution in [0.1, 0.15) is 37.8 Å². The quantitative estimate of drug-likeness (QED) is 0.145. The summed E-state index contributed by atoms with van der Waals surface area (Å²) in [6.45, 7) is 3.77. The molecule has 222 valence electrons. The predicted molar refractivity (Wildman–Crippen MR) is 147 cm³/mol.